The largest absolute Gasteiger partial charge is 0.444 e. The van der Waals surface area contributed by atoms with Crippen molar-refractivity contribution in [2.24, 2.45) is 5.92 Å². The van der Waals surface area contributed by atoms with Gasteiger partial charge in [0.2, 0.25) is 0 Å². The van der Waals surface area contributed by atoms with Gasteiger partial charge in [-0.25, -0.2) is 29.3 Å². The molecule has 10 saturated heterocycles. The van der Waals surface area contributed by atoms with Crippen LogP contribution in [0.2, 0.25) is 0 Å². The van der Waals surface area contributed by atoms with Crippen molar-refractivity contribution in [2.75, 3.05) is 144 Å². The number of rotatable bonds is 7. The summed E-state index contributed by atoms with van der Waals surface area (Å²) < 4.78 is 46.2. The van der Waals surface area contributed by atoms with Crippen molar-refractivity contribution in [1.82, 2.24) is 80.2 Å². The second-order valence-electron chi connectivity index (χ2n) is 32.8. The molecule has 0 bridgehead atoms. The highest BCUT2D eigenvalue weighted by Crippen LogP contribution is 2.35. The molecule has 0 aliphatic carbocycles. The number of anilines is 4. The highest BCUT2D eigenvalue weighted by molar-refractivity contribution is 14.1. The Bertz CT molecular complexity index is 4740. The molecule has 10 aliphatic heterocycles. The van der Waals surface area contributed by atoms with Crippen LogP contribution < -0.4 is 19.6 Å². The standard InChI is InChI=1S/C21H24N6O3.2C17H15N7O.C15H21IN4O3.C12H21NO3/c1-21(2,3)30-20(28)26-12-17-18(13-26)29-9-8-27(17)19-5-4-16(24-25-19)14-6-7-23-15(10-14)11-22;2*18-8-13-7-12(3-4-20-13)14-1-2-17(22-21-14)24-5-6-25-16-10-23(11-19)9-15(16)24;1-15(2,3)23-14(21)19-8-10-11(9-19)22-7-6-20(10)13-5-4-12(16)17-18-13;1-12(2,3)16-11(14)13-7-9-5-4-6-15-10(9)8-13/h4-7,10,17-18H,8-9,12-13H2,1-3H3;2*1-4,7,15-16H,5-6,9-10H2;4-5,10-11H,6-9H2,1-3H3;9-10H,4-8H2,1-3H3/t17-,18+;2*15-,16+;10-,11+;9-,10+/m01000/s1. The monoisotopic (exact) mass is 1730 g/mol. The van der Waals surface area contributed by atoms with Gasteiger partial charge in [-0.3, -0.25) is 0 Å². The summed E-state index contributed by atoms with van der Waals surface area (Å²) in [5, 5.41) is 79.7. The van der Waals surface area contributed by atoms with Crippen LogP contribution in [0.1, 0.15) is 92.2 Å². The Morgan fingerprint density at radius 1 is 0.387 bits per heavy atom. The first-order valence-corrected chi connectivity index (χ1v) is 40.7. The normalized spacial score (nSPS) is 23.4. The Morgan fingerprint density at radius 3 is 1.02 bits per heavy atom. The van der Waals surface area contributed by atoms with Crippen molar-refractivity contribution >= 4 is 64.1 Å². The molecule has 7 aromatic rings. The first kappa shape index (κ1) is 85.2. The predicted molar refractivity (Wildman–Crippen MR) is 438 cm³/mol. The van der Waals surface area contributed by atoms with Crippen molar-refractivity contribution in [2.45, 2.75) is 147 Å². The lowest BCUT2D eigenvalue weighted by Gasteiger charge is -2.37. The molecular weight excluding hydrogens is 1640 g/mol. The molecule has 3 amide bonds. The van der Waals surface area contributed by atoms with Crippen LogP contribution in [-0.4, -0.2) is 295 Å². The van der Waals surface area contributed by atoms with E-state index < -0.39 is 16.8 Å². The zero-order valence-electron chi connectivity index (χ0n) is 68.0. The molecule has 7 aromatic heterocycles. The highest BCUT2D eigenvalue weighted by Gasteiger charge is 2.47. The molecule has 119 heavy (non-hydrogen) atoms. The van der Waals surface area contributed by atoms with Gasteiger partial charge >= 0.3 is 18.3 Å². The van der Waals surface area contributed by atoms with E-state index in [0.717, 1.165) is 82.9 Å². The van der Waals surface area contributed by atoms with Crippen molar-refractivity contribution in [3.63, 3.8) is 0 Å². The number of likely N-dealkylation sites (tertiary alicyclic amines) is 5. The second kappa shape index (κ2) is 38.0. The van der Waals surface area contributed by atoms with Crippen LogP contribution in [0, 0.1) is 66.5 Å². The fourth-order valence-corrected chi connectivity index (χ4v) is 16.0. The van der Waals surface area contributed by atoms with Crippen LogP contribution in [0.3, 0.4) is 0 Å². The molecule has 37 heteroatoms. The average Bonchev–Trinajstić information content (AvgIpc) is 1.66. The summed E-state index contributed by atoms with van der Waals surface area (Å²) in [6.07, 6.45) is 10.8. The van der Waals surface area contributed by atoms with Crippen LogP contribution in [0.25, 0.3) is 33.8 Å². The smallest absolute Gasteiger partial charge is 0.410 e. The number of hydrogen-bond acceptors (Lipinski definition) is 33. The van der Waals surface area contributed by atoms with Crippen molar-refractivity contribution in [1.29, 1.82) is 26.3 Å². The molecule has 0 radical (unpaired) electrons. The molecule has 0 aromatic carbocycles. The van der Waals surface area contributed by atoms with Gasteiger partial charge in [0.05, 0.1) is 144 Å². The maximum absolute atomic E-state index is 12.5. The number of carbonyl (C=O) groups excluding carboxylic acids is 3. The Hall–Kier alpha value is -11.6. The highest BCUT2D eigenvalue weighted by atomic mass is 127. The van der Waals surface area contributed by atoms with E-state index in [9.17, 15) is 14.4 Å². The van der Waals surface area contributed by atoms with E-state index in [-0.39, 0.29) is 73.0 Å². The van der Waals surface area contributed by atoms with Gasteiger partial charge in [-0.1, -0.05) is 0 Å². The number of morpholine rings is 4. The van der Waals surface area contributed by atoms with Gasteiger partial charge in [-0.15, -0.1) is 40.8 Å². The van der Waals surface area contributed by atoms with E-state index in [1.54, 1.807) is 79.5 Å². The number of aromatic nitrogens is 11. The zero-order chi connectivity index (χ0) is 84.1. The molecule has 10 aliphatic rings. The van der Waals surface area contributed by atoms with E-state index in [4.69, 9.17) is 64.2 Å². The average molecular weight is 1730 g/mol. The van der Waals surface area contributed by atoms with Gasteiger partial charge in [-0.05, 0) is 183 Å². The number of carbonyl (C=O) groups is 3. The fraction of sp³-hybridized carbons (Fsp3) is 0.524. The van der Waals surface area contributed by atoms with E-state index in [1.165, 1.54) is 6.42 Å². The number of fused-ring (bicyclic) bond motifs is 5. The SMILES string of the molecule is CC(C)(C)OC(=O)N1C[C@@H]2CCCO[C@@H]2C1.CC(C)(C)OC(=O)N1C[C@H]2OCCN(c3ccc(-c4ccnc(C#N)c4)nn3)[C@H]2C1.CC(C)(C)OC(=O)N1C[C@H]2OCCN(c3ccc(I)nn3)[C@H]2C1.N#Cc1cc(-c2ccc(N3CCO[C@@H]4CN(C#N)C[C@@H]43)nn2)ccn1.N#Cc1cc(-c2ccc(N3CCO[C@H]4CN(C#N)C[C@H]43)nn2)ccn1. The summed E-state index contributed by atoms with van der Waals surface area (Å²) in [4.78, 5) is 65.8. The van der Waals surface area contributed by atoms with E-state index in [1.807, 2.05) is 129 Å². The minimum atomic E-state index is -0.537. The Labute approximate surface area is 704 Å². The lowest BCUT2D eigenvalue weighted by molar-refractivity contribution is -0.00346. The summed E-state index contributed by atoms with van der Waals surface area (Å²) in [6, 6.07) is 32.2. The van der Waals surface area contributed by atoms with Crippen LogP contribution in [0.4, 0.5) is 37.7 Å². The summed E-state index contributed by atoms with van der Waals surface area (Å²) in [5.74, 6) is 3.63. The molecule has 0 N–H and O–H groups in total. The van der Waals surface area contributed by atoms with Crippen molar-refractivity contribution < 1.29 is 52.3 Å². The maximum atomic E-state index is 12.5. The molecule has 10 atom stereocenters. The van der Waals surface area contributed by atoms with E-state index in [0.29, 0.717) is 132 Å². The lowest BCUT2D eigenvalue weighted by atomic mass is 9.98. The van der Waals surface area contributed by atoms with Crippen LogP contribution in [-0.2, 0) is 37.9 Å². The van der Waals surface area contributed by atoms with Gasteiger partial charge in [0.15, 0.2) is 35.7 Å². The van der Waals surface area contributed by atoms with E-state index in [2.05, 4.69) is 110 Å². The quantitative estimate of drug-likeness (QED) is 0.0836. The van der Waals surface area contributed by atoms with Crippen molar-refractivity contribution in [3.05, 3.63) is 124 Å². The summed E-state index contributed by atoms with van der Waals surface area (Å²) in [7, 11) is 0. The van der Waals surface area contributed by atoms with Crippen LogP contribution in [0.5, 0.6) is 0 Å². The molecule has 36 nitrogen and oxygen atoms in total. The van der Waals surface area contributed by atoms with Gasteiger partial charge in [0.25, 0.3) is 0 Å². The van der Waals surface area contributed by atoms with Gasteiger partial charge in [0, 0.05) is 93.6 Å². The minimum absolute atomic E-state index is 0.00228. The Balaban J connectivity index is 0.000000130. The summed E-state index contributed by atoms with van der Waals surface area (Å²) in [6.45, 7) is 29.1. The topological polar surface area (TPSA) is 415 Å². The first-order valence-electron chi connectivity index (χ1n) is 39.7. The van der Waals surface area contributed by atoms with Crippen LogP contribution >= 0.6 is 22.6 Å². The van der Waals surface area contributed by atoms with Crippen molar-refractivity contribution in [3.8, 4) is 64.4 Å². The fourth-order valence-electron chi connectivity index (χ4n) is 15.7. The third kappa shape index (κ3) is 21.8. The number of pyridine rings is 3. The Kier molecular flexibility index (Phi) is 27.2. The summed E-state index contributed by atoms with van der Waals surface area (Å²) in [5.41, 5.74) is 4.05. The first-order chi connectivity index (χ1) is 57.2. The van der Waals surface area contributed by atoms with Gasteiger partial charge in [0.1, 0.15) is 55.8 Å². The number of halogens is 1. The number of nitriles is 5. The van der Waals surface area contributed by atoms with Crippen LogP contribution in [0.15, 0.2) is 104 Å². The third-order valence-corrected chi connectivity index (χ3v) is 21.7. The zero-order valence-corrected chi connectivity index (χ0v) is 70.1. The van der Waals surface area contributed by atoms with Gasteiger partial charge in [-0.2, -0.15) is 26.3 Å². The second-order valence-corrected chi connectivity index (χ2v) is 33.9. The number of amides is 3. The molecule has 17 rings (SSSR count). The molecule has 17 heterocycles. The molecule has 0 saturated carbocycles. The number of nitrogens with zero attached hydrogens (tertiary/aromatic N) is 25. The molecular formula is C82H96IN25O11. The molecule has 622 valence electrons. The maximum Gasteiger partial charge on any atom is 0.410 e. The summed E-state index contributed by atoms with van der Waals surface area (Å²) >= 11 is 2.14. The molecule has 0 spiro atoms. The third-order valence-electron chi connectivity index (χ3n) is 21.1. The van der Waals surface area contributed by atoms with E-state index >= 15 is 0 Å². The number of ether oxygens (including phenoxy) is 8. The predicted octanol–water partition coefficient (Wildman–Crippen LogP) is 7.73. The Morgan fingerprint density at radius 2 is 0.706 bits per heavy atom. The molecule has 10 fully saturated rings. The minimum Gasteiger partial charge on any atom is -0.444 e. The lowest BCUT2D eigenvalue weighted by Crippen LogP contribution is -2.51. The molecule has 0 unspecified atom stereocenters. The van der Waals surface area contributed by atoms with Gasteiger partial charge < -0.3 is 82.0 Å². The number of hydrogen-bond donors (Lipinski definition) is 0.